The predicted octanol–water partition coefficient (Wildman–Crippen LogP) is 4.29. The molecule has 1 amide bonds. The zero-order valence-electron chi connectivity index (χ0n) is 13.2. The van der Waals surface area contributed by atoms with Crippen molar-refractivity contribution in [2.75, 3.05) is 18.4 Å². The number of nitrogens with zero attached hydrogens (tertiary/aromatic N) is 1. The molecular weight excluding hydrogens is 365 g/mol. The van der Waals surface area contributed by atoms with Gasteiger partial charge in [0.2, 0.25) is 0 Å². The van der Waals surface area contributed by atoms with Gasteiger partial charge in [0.1, 0.15) is 11.2 Å². The molecule has 7 heteroatoms. The Morgan fingerprint density at radius 3 is 2.88 bits per heavy atom. The predicted molar refractivity (Wildman–Crippen MR) is 99.3 cm³/mol. The minimum absolute atomic E-state index is 0.0118. The molecule has 2 aliphatic rings. The standard InChI is InChI=1S/C17H17Cl2N3OS/c1-2-22-6-5-10-13(8-22)24-17-14(10)16(23)20-15(21-17)9-3-4-11(18)12(19)7-9/h3-4,7,15,21H,2,5-6,8H2,1H3,(H,20,23)/t15-/m0/s1. The van der Waals surface area contributed by atoms with Crippen LogP contribution >= 0.6 is 34.5 Å². The molecule has 4 rings (SSSR count). The highest BCUT2D eigenvalue weighted by Gasteiger charge is 2.33. The quantitative estimate of drug-likeness (QED) is 0.815. The topological polar surface area (TPSA) is 44.4 Å². The third kappa shape index (κ3) is 2.69. The average molecular weight is 382 g/mol. The maximum absolute atomic E-state index is 12.7. The maximum Gasteiger partial charge on any atom is 0.256 e. The van der Waals surface area contributed by atoms with Crippen molar-refractivity contribution in [1.82, 2.24) is 10.2 Å². The molecule has 0 bridgehead atoms. The van der Waals surface area contributed by atoms with Gasteiger partial charge < -0.3 is 10.6 Å². The normalized spacial score (nSPS) is 20.1. The van der Waals surface area contributed by atoms with Crippen LogP contribution in [0.15, 0.2) is 18.2 Å². The minimum Gasteiger partial charge on any atom is -0.353 e. The van der Waals surface area contributed by atoms with Crippen molar-refractivity contribution in [2.45, 2.75) is 26.1 Å². The van der Waals surface area contributed by atoms with Gasteiger partial charge in [0.25, 0.3) is 5.91 Å². The van der Waals surface area contributed by atoms with Gasteiger partial charge in [-0.25, -0.2) is 0 Å². The number of hydrogen-bond acceptors (Lipinski definition) is 4. The maximum atomic E-state index is 12.7. The second kappa shape index (κ2) is 6.23. The van der Waals surface area contributed by atoms with Gasteiger partial charge in [0.15, 0.2) is 0 Å². The molecule has 1 atom stereocenters. The summed E-state index contributed by atoms with van der Waals surface area (Å²) in [6, 6.07) is 5.42. The number of thiophene rings is 1. The number of rotatable bonds is 2. The van der Waals surface area contributed by atoms with Gasteiger partial charge in [-0.15, -0.1) is 11.3 Å². The molecule has 0 spiro atoms. The summed E-state index contributed by atoms with van der Waals surface area (Å²) in [4.78, 5) is 16.4. The number of carbonyl (C=O) groups excluding carboxylic acids is 1. The summed E-state index contributed by atoms with van der Waals surface area (Å²) < 4.78 is 0. The smallest absolute Gasteiger partial charge is 0.256 e. The van der Waals surface area contributed by atoms with Crippen molar-refractivity contribution in [3.05, 3.63) is 49.8 Å². The minimum atomic E-state index is -0.290. The van der Waals surface area contributed by atoms with E-state index in [2.05, 4.69) is 22.5 Å². The molecule has 0 saturated heterocycles. The number of benzene rings is 1. The van der Waals surface area contributed by atoms with Crippen LogP contribution in [0.5, 0.6) is 0 Å². The summed E-state index contributed by atoms with van der Waals surface area (Å²) >= 11 is 13.8. The number of likely N-dealkylation sites (N-methyl/N-ethyl adjacent to an activating group) is 1. The van der Waals surface area contributed by atoms with E-state index >= 15 is 0 Å². The van der Waals surface area contributed by atoms with E-state index < -0.39 is 0 Å². The number of fused-ring (bicyclic) bond motifs is 3. The molecule has 0 radical (unpaired) electrons. The molecule has 1 aromatic heterocycles. The van der Waals surface area contributed by atoms with Crippen molar-refractivity contribution in [3.63, 3.8) is 0 Å². The van der Waals surface area contributed by atoms with Gasteiger partial charge >= 0.3 is 0 Å². The highest BCUT2D eigenvalue weighted by molar-refractivity contribution is 7.16. The SMILES string of the molecule is CCN1CCc2c(sc3c2C(=O)N[C@H](c2ccc(Cl)c(Cl)c2)N3)C1. The van der Waals surface area contributed by atoms with Gasteiger partial charge in [-0.3, -0.25) is 9.69 Å². The lowest BCUT2D eigenvalue weighted by atomic mass is 10.0. The van der Waals surface area contributed by atoms with Crippen LogP contribution in [0.4, 0.5) is 5.00 Å². The van der Waals surface area contributed by atoms with Gasteiger partial charge in [0, 0.05) is 18.0 Å². The highest BCUT2D eigenvalue weighted by atomic mass is 35.5. The highest BCUT2D eigenvalue weighted by Crippen LogP contribution is 2.41. The molecule has 0 saturated carbocycles. The lowest BCUT2D eigenvalue weighted by molar-refractivity contribution is 0.0934. The van der Waals surface area contributed by atoms with Crippen LogP contribution in [0.2, 0.25) is 10.0 Å². The van der Waals surface area contributed by atoms with Gasteiger partial charge in [-0.1, -0.05) is 36.2 Å². The molecule has 2 N–H and O–H groups in total. The summed E-state index contributed by atoms with van der Waals surface area (Å²) in [5.41, 5.74) is 2.92. The van der Waals surface area contributed by atoms with Crippen molar-refractivity contribution in [2.24, 2.45) is 0 Å². The molecule has 3 heterocycles. The Bertz CT molecular complexity index is 820. The van der Waals surface area contributed by atoms with Crippen LogP contribution < -0.4 is 10.6 Å². The first-order valence-electron chi connectivity index (χ1n) is 7.96. The third-order valence-electron chi connectivity index (χ3n) is 4.64. The van der Waals surface area contributed by atoms with E-state index in [4.69, 9.17) is 23.2 Å². The first-order chi connectivity index (χ1) is 11.6. The Kier molecular flexibility index (Phi) is 4.21. The average Bonchev–Trinajstić information content (AvgIpc) is 2.95. The number of hydrogen-bond donors (Lipinski definition) is 2. The van der Waals surface area contributed by atoms with Gasteiger partial charge in [0.05, 0.1) is 15.6 Å². The molecule has 24 heavy (non-hydrogen) atoms. The van der Waals surface area contributed by atoms with Crippen LogP contribution in [-0.2, 0) is 13.0 Å². The van der Waals surface area contributed by atoms with Crippen LogP contribution in [0.3, 0.4) is 0 Å². The molecular formula is C17H17Cl2N3OS. The number of amides is 1. The van der Waals surface area contributed by atoms with Crippen molar-refractivity contribution in [3.8, 4) is 0 Å². The first-order valence-corrected chi connectivity index (χ1v) is 9.53. The fourth-order valence-corrected chi connectivity index (χ4v) is 4.92. The van der Waals surface area contributed by atoms with Gasteiger partial charge in [-0.05, 0) is 36.2 Å². The summed E-state index contributed by atoms with van der Waals surface area (Å²) in [5.74, 6) is -0.0118. The molecule has 4 nitrogen and oxygen atoms in total. The summed E-state index contributed by atoms with van der Waals surface area (Å²) in [5, 5.41) is 8.44. The van der Waals surface area contributed by atoms with Crippen molar-refractivity contribution in [1.29, 1.82) is 0 Å². The Hall–Kier alpha value is -1.27. The van der Waals surface area contributed by atoms with Crippen LogP contribution in [0, 0.1) is 0 Å². The Morgan fingerprint density at radius 2 is 2.12 bits per heavy atom. The van der Waals surface area contributed by atoms with Crippen molar-refractivity contribution >= 4 is 45.4 Å². The van der Waals surface area contributed by atoms with E-state index in [1.807, 2.05) is 6.07 Å². The first kappa shape index (κ1) is 16.2. The Balaban J connectivity index is 1.67. The van der Waals surface area contributed by atoms with Crippen LogP contribution in [-0.4, -0.2) is 23.9 Å². The van der Waals surface area contributed by atoms with Gasteiger partial charge in [-0.2, -0.15) is 0 Å². The molecule has 2 aliphatic heterocycles. The molecule has 126 valence electrons. The second-order valence-electron chi connectivity index (χ2n) is 6.05. The van der Waals surface area contributed by atoms with E-state index in [0.29, 0.717) is 10.0 Å². The third-order valence-corrected chi connectivity index (χ3v) is 6.53. The second-order valence-corrected chi connectivity index (χ2v) is 7.97. The summed E-state index contributed by atoms with van der Waals surface area (Å²) in [6.45, 7) is 5.14. The fraction of sp³-hybridized carbons (Fsp3) is 0.353. The zero-order valence-corrected chi connectivity index (χ0v) is 15.5. The largest absolute Gasteiger partial charge is 0.353 e. The lowest BCUT2D eigenvalue weighted by Crippen LogP contribution is -2.38. The van der Waals surface area contributed by atoms with E-state index in [1.165, 1.54) is 10.4 Å². The Labute approximate surface area is 154 Å². The number of halogens is 2. The Morgan fingerprint density at radius 1 is 1.29 bits per heavy atom. The number of anilines is 1. The lowest BCUT2D eigenvalue weighted by Gasteiger charge is -2.28. The molecule has 0 fully saturated rings. The van der Waals surface area contributed by atoms with Crippen LogP contribution in [0.1, 0.15) is 39.5 Å². The molecule has 2 aromatic rings. The van der Waals surface area contributed by atoms with Crippen molar-refractivity contribution < 1.29 is 4.79 Å². The molecule has 1 aromatic carbocycles. The fourth-order valence-electron chi connectivity index (χ4n) is 3.30. The van der Waals surface area contributed by atoms with E-state index in [9.17, 15) is 4.79 Å². The number of carbonyl (C=O) groups is 1. The van der Waals surface area contributed by atoms with Crippen LogP contribution in [0.25, 0.3) is 0 Å². The summed E-state index contributed by atoms with van der Waals surface area (Å²) in [6.07, 6.45) is 0.642. The van der Waals surface area contributed by atoms with E-state index in [-0.39, 0.29) is 12.1 Å². The number of nitrogens with one attached hydrogen (secondary N) is 2. The molecule has 0 aliphatic carbocycles. The monoisotopic (exact) mass is 381 g/mol. The van der Waals surface area contributed by atoms with E-state index in [0.717, 1.165) is 42.2 Å². The zero-order chi connectivity index (χ0) is 16.8. The molecule has 0 unspecified atom stereocenters. The van der Waals surface area contributed by atoms with E-state index in [1.54, 1.807) is 23.5 Å². The summed E-state index contributed by atoms with van der Waals surface area (Å²) in [7, 11) is 0.